The van der Waals surface area contributed by atoms with Gasteiger partial charge in [0.1, 0.15) is 0 Å². The first-order valence-corrected chi connectivity index (χ1v) is 5.69. The van der Waals surface area contributed by atoms with Crippen LogP contribution in [0, 0.1) is 6.92 Å². The lowest BCUT2D eigenvalue weighted by Crippen LogP contribution is -2.42. The lowest BCUT2D eigenvalue weighted by atomic mass is 10.0. The van der Waals surface area contributed by atoms with Gasteiger partial charge in [0.15, 0.2) is 0 Å². The second kappa shape index (κ2) is 4.97. The van der Waals surface area contributed by atoms with Crippen molar-refractivity contribution in [1.29, 1.82) is 0 Å². The van der Waals surface area contributed by atoms with Crippen molar-refractivity contribution >= 4 is 11.6 Å². The Hall–Kier alpha value is -0.570. The first-order chi connectivity index (χ1) is 7.25. The topological polar surface area (TPSA) is 21.3 Å². The maximum Gasteiger partial charge on any atom is 0.0623 e. The largest absolute Gasteiger partial charge is 0.379 e. The second-order valence-corrected chi connectivity index (χ2v) is 4.44. The van der Waals surface area contributed by atoms with E-state index >= 15 is 0 Å². The minimum atomic E-state index is 0.427. The number of rotatable bonds is 2. The van der Waals surface area contributed by atoms with Crippen LogP contribution in [-0.4, -0.2) is 25.8 Å². The highest BCUT2D eigenvalue weighted by molar-refractivity contribution is 6.30. The molecule has 0 amide bonds. The molecule has 0 saturated carbocycles. The van der Waals surface area contributed by atoms with E-state index in [2.05, 4.69) is 18.3 Å². The van der Waals surface area contributed by atoms with Gasteiger partial charge in [-0.2, -0.15) is 0 Å². The molecule has 1 aliphatic heterocycles. The molecule has 1 aliphatic rings. The SMILES string of the molecule is Cc1ccc(Cl)cc1CC1COCCN1. The molecule has 1 saturated heterocycles. The summed E-state index contributed by atoms with van der Waals surface area (Å²) in [6, 6.07) is 6.48. The van der Waals surface area contributed by atoms with Crippen LogP contribution in [0.1, 0.15) is 11.1 Å². The maximum absolute atomic E-state index is 5.98. The van der Waals surface area contributed by atoms with Gasteiger partial charge in [-0.1, -0.05) is 17.7 Å². The van der Waals surface area contributed by atoms with E-state index in [0.29, 0.717) is 6.04 Å². The van der Waals surface area contributed by atoms with Crippen molar-refractivity contribution in [3.63, 3.8) is 0 Å². The van der Waals surface area contributed by atoms with Crippen molar-refractivity contribution < 1.29 is 4.74 Å². The van der Waals surface area contributed by atoms with Crippen LogP contribution in [0.15, 0.2) is 18.2 Å². The maximum atomic E-state index is 5.98. The van der Waals surface area contributed by atoms with Crippen molar-refractivity contribution in [2.24, 2.45) is 0 Å². The summed E-state index contributed by atoms with van der Waals surface area (Å²) < 4.78 is 5.43. The summed E-state index contributed by atoms with van der Waals surface area (Å²) in [6.45, 7) is 4.69. The van der Waals surface area contributed by atoms with Crippen LogP contribution in [0.4, 0.5) is 0 Å². The third-order valence-electron chi connectivity index (χ3n) is 2.78. The van der Waals surface area contributed by atoms with Gasteiger partial charge in [-0.15, -0.1) is 0 Å². The number of benzene rings is 1. The molecule has 2 rings (SSSR count). The number of halogens is 1. The molecule has 0 aliphatic carbocycles. The Morgan fingerprint density at radius 3 is 3.13 bits per heavy atom. The van der Waals surface area contributed by atoms with Gasteiger partial charge in [0, 0.05) is 17.6 Å². The summed E-state index contributed by atoms with van der Waals surface area (Å²) in [6.07, 6.45) is 0.992. The van der Waals surface area contributed by atoms with Gasteiger partial charge in [0.25, 0.3) is 0 Å². The van der Waals surface area contributed by atoms with Crippen LogP contribution < -0.4 is 5.32 Å². The second-order valence-electron chi connectivity index (χ2n) is 4.00. The van der Waals surface area contributed by atoms with Crippen molar-refractivity contribution in [2.45, 2.75) is 19.4 Å². The normalized spacial score (nSPS) is 21.6. The summed E-state index contributed by atoms with van der Waals surface area (Å²) in [5.41, 5.74) is 2.61. The van der Waals surface area contributed by atoms with Crippen LogP contribution in [0.2, 0.25) is 5.02 Å². The predicted octanol–water partition coefficient (Wildman–Crippen LogP) is 2.18. The molecule has 0 bridgehead atoms. The molecule has 0 aromatic heterocycles. The van der Waals surface area contributed by atoms with E-state index in [9.17, 15) is 0 Å². The fraction of sp³-hybridized carbons (Fsp3) is 0.500. The van der Waals surface area contributed by atoms with Crippen LogP contribution >= 0.6 is 11.6 Å². The van der Waals surface area contributed by atoms with E-state index < -0.39 is 0 Å². The van der Waals surface area contributed by atoms with Crippen molar-refractivity contribution in [3.8, 4) is 0 Å². The molecular weight excluding hydrogens is 210 g/mol. The molecule has 82 valence electrons. The number of ether oxygens (including phenoxy) is 1. The van der Waals surface area contributed by atoms with Gasteiger partial charge in [-0.3, -0.25) is 0 Å². The van der Waals surface area contributed by atoms with Gasteiger partial charge in [0.2, 0.25) is 0 Å². The van der Waals surface area contributed by atoms with Crippen molar-refractivity contribution in [1.82, 2.24) is 5.32 Å². The Morgan fingerprint density at radius 1 is 1.53 bits per heavy atom. The van der Waals surface area contributed by atoms with E-state index in [4.69, 9.17) is 16.3 Å². The molecule has 0 radical (unpaired) electrons. The lowest BCUT2D eigenvalue weighted by molar-refractivity contribution is 0.0770. The van der Waals surface area contributed by atoms with E-state index in [-0.39, 0.29) is 0 Å². The third kappa shape index (κ3) is 2.94. The molecule has 3 heteroatoms. The number of nitrogens with one attached hydrogen (secondary N) is 1. The number of hydrogen-bond acceptors (Lipinski definition) is 2. The van der Waals surface area contributed by atoms with Crippen LogP contribution in [-0.2, 0) is 11.2 Å². The molecule has 1 N–H and O–H groups in total. The van der Waals surface area contributed by atoms with Gasteiger partial charge in [0.05, 0.1) is 13.2 Å². The number of aryl methyl sites for hydroxylation is 1. The fourth-order valence-electron chi connectivity index (χ4n) is 1.88. The molecule has 1 atom stereocenters. The Morgan fingerprint density at radius 2 is 2.40 bits per heavy atom. The molecule has 1 unspecified atom stereocenters. The molecule has 1 heterocycles. The zero-order valence-electron chi connectivity index (χ0n) is 8.92. The summed E-state index contributed by atoms with van der Waals surface area (Å²) in [5, 5.41) is 4.26. The number of morpholine rings is 1. The first kappa shape index (κ1) is 10.9. The van der Waals surface area contributed by atoms with Crippen LogP contribution in [0.25, 0.3) is 0 Å². The highest BCUT2D eigenvalue weighted by atomic mass is 35.5. The van der Waals surface area contributed by atoms with Gasteiger partial charge in [-0.25, -0.2) is 0 Å². The summed E-state index contributed by atoms with van der Waals surface area (Å²) in [4.78, 5) is 0. The van der Waals surface area contributed by atoms with Crippen LogP contribution in [0.5, 0.6) is 0 Å². The Labute approximate surface area is 95.6 Å². The summed E-state index contributed by atoms with van der Waals surface area (Å²) in [5.74, 6) is 0. The minimum Gasteiger partial charge on any atom is -0.379 e. The molecule has 0 spiro atoms. The summed E-state index contributed by atoms with van der Waals surface area (Å²) in [7, 11) is 0. The molecule has 15 heavy (non-hydrogen) atoms. The fourth-order valence-corrected chi connectivity index (χ4v) is 2.07. The van der Waals surface area contributed by atoms with Crippen molar-refractivity contribution in [2.75, 3.05) is 19.8 Å². The average molecular weight is 226 g/mol. The standard InChI is InChI=1S/C12H16ClNO/c1-9-2-3-11(13)6-10(9)7-12-8-15-5-4-14-12/h2-3,6,12,14H,4-5,7-8H2,1H3. The number of hydrogen-bond donors (Lipinski definition) is 1. The van der Waals surface area contributed by atoms with Crippen LogP contribution in [0.3, 0.4) is 0 Å². The average Bonchev–Trinajstić information content (AvgIpc) is 2.25. The van der Waals surface area contributed by atoms with Gasteiger partial charge in [-0.05, 0) is 36.6 Å². The molecule has 2 nitrogen and oxygen atoms in total. The van der Waals surface area contributed by atoms with Gasteiger partial charge >= 0.3 is 0 Å². The van der Waals surface area contributed by atoms with Crippen molar-refractivity contribution in [3.05, 3.63) is 34.3 Å². The Kier molecular flexibility index (Phi) is 3.62. The lowest BCUT2D eigenvalue weighted by Gasteiger charge is -2.24. The Bertz CT molecular complexity index is 334. The predicted molar refractivity (Wildman–Crippen MR) is 62.5 cm³/mol. The molecule has 1 aromatic rings. The monoisotopic (exact) mass is 225 g/mol. The zero-order chi connectivity index (χ0) is 10.7. The summed E-state index contributed by atoms with van der Waals surface area (Å²) >= 11 is 5.98. The van der Waals surface area contributed by atoms with E-state index in [1.807, 2.05) is 12.1 Å². The van der Waals surface area contributed by atoms with E-state index in [1.54, 1.807) is 0 Å². The molecule has 1 aromatic carbocycles. The quantitative estimate of drug-likeness (QED) is 0.833. The van der Waals surface area contributed by atoms with E-state index in [0.717, 1.165) is 31.2 Å². The third-order valence-corrected chi connectivity index (χ3v) is 3.01. The van der Waals surface area contributed by atoms with Gasteiger partial charge < -0.3 is 10.1 Å². The molecular formula is C12H16ClNO. The first-order valence-electron chi connectivity index (χ1n) is 5.32. The Balaban J connectivity index is 2.05. The molecule has 1 fully saturated rings. The smallest absolute Gasteiger partial charge is 0.0623 e. The zero-order valence-corrected chi connectivity index (χ0v) is 9.68. The highest BCUT2D eigenvalue weighted by Crippen LogP contribution is 2.17. The minimum absolute atomic E-state index is 0.427. The van der Waals surface area contributed by atoms with E-state index in [1.165, 1.54) is 11.1 Å². The highest BCUT2D eigenvalue weighted by Gasteiger charge is 2.14.